The molecule has 1 amide bonds. The summed E-state index contributed by atoms with van der Waals surface area (Å²) in [5.74, 6) is -2.46. The second-order valence-electron chi connectivity index (χ2n) is 7.22. The zero-order chi connectivity index (χ0) is 23.5. The number of aromatic amines is 1. The van der Waals surface area contributed by atoms with Gasteiger partial charge in [0.1, 0.15) is 5.82 Å². The Morgan fingerprint density at radius 1 is 1.06 bits per heavy atom. The van der Waals surface area contributed by atoms with Crippen molar-refractivity contribution in [1.29, 1.82) is 0 Å². The number of rotatable bonds is 6. The molecule has 0 atom stereocenters. The van der Waals surface area contributed by atoms with Crippen LogP contribution in [0.5, 0.6) is 0 Å². The van der Waals surface area contributed by atoms with Crippen LogP contribution in [0.4, 0.5) is 17.6 Å². The molecule has 0 saturated carbocycles. The number of allylic oxidation sites excluding steroid dienone is 1. The molecule has 0 fully saturated rings. The number of alkyl halides is 3. The van der Waals surface area contributed by atoms with Crippen LogP contribution in [0.3, 0.4) is 0 Å². The van der Waals surface area contributed by atoms with Crippen molar-refractivity contribution in [2.75, 3.05) is 0 Å². The van der Waals surface area contributed by atoms with Crippen molar-refractivity contribution < 1.29 is 27.2 Å². The first-order chi connectivity index (χ1) is 15.1. The fourth-order valence-corrected chi connectivity index (χ4v) is 3.30. The number of aromatic nitrogens is 1. The molecule has 0 bridgehead atoms. The Labute approximate surface area is 182 Å². The summed E-state index contributed by atoms with van der Waals surface area (Å²) in [6.45, 7) is 3.78. The summed E-state index contributed by atoms with van der Waals surface area (Å²) in [6, 6.07) is 11.4. The van der Waals surface area contributed by atoms with Gasteiger partial charge in [0.25, 0.3) is 5.91 Å². The second kappa shape index (κ2) is 9.21. The molecule has 0 unspecified atom stereocenters. The lowest BCUT2D eigenvalue weighted by Crippen LogP contribution is -2.23. The van der Waals surface area contributed by atoms with Crippen molar-refractivity contribution in [3.05, 3.63) is 99.6 Å². The minimum Gasteiger partial charge on any atom is -0.358 e. The quantitative estimate of drug-likeness (QED) is 0.295. The average molecular weight is 444 g/mol. The fraction of sp³-hybridized carbons (Fsp3) is 0.167. The van der Waals surface area contributed by atoms with Crippen molar-refractivity contribution in [2.24, 2.45) is 0 Å². The van der Waals surface area contributed by atoms with Crippen molar-refractivity contribution in [1.82, 2.24) is 10.3 Å². The summed E-state index contributed by atoms with van der Waals surface area (Å²) in [4.78, 5) is 27.9. The van der Waals surface area contributed by atoms with Crippen LogP contribution in [0.15, 0.2) is 54.6 Å². The molecule has 3 rings (SSSR count). The molecule has 0 aliphatic heterocycles. The zero-order valence-electron chi connectivity index (χ0n) is 17.3. The molecule has 0 aliphatic rings. The smallest absolute Gasteiger partial charge is 0.358 e. The Morgan fingerprint density at radius 3 is 2.38 bits per heavy atom. The maximum atomic E-state index is 13.7. The normalized spacial score (nSPS) is 11.7. The highest BCUT2D eigenvalue weighted by molar-refractivity contribution is 6.07. The molecular formula is C24H20F4N2O2. The van der Waals surface area contributed by atoms with E-state index in [1.807, 2.05) is 30.3 Å². The summed E-state index contributed by atoms with van der Waals surface area (Å²) < 4.78 is 51.8. The van der Waals surface area contributed by atoms with Crippen LogP contribution >= 0.6 is 0 Å². The highest BCUT2D eigenvalue weighted by atomic mass is 19.4. The van der Waals surface area contributed by atoms with Crippen molar-refractivity contribution >= 4 is 17.8 Å². The summed E-state index contributed by atoms with van der Waals surface area (Å²) in [5, 5.41) is 2.84. The number of hydrogen-bond acceptors (Lipinski definition) is 2. The zero-order valence-corrected chi connectivity index (χ0v) is 17.3. The van der Waals surface area contributed by atoms with Gasteiger partial charge in [-0.15, -0.1) is 0 Å². The average Bonchev–Trinajstić information content (AvgIpc) is 3.03. The number of halogens is 4. The van der Waals surface area contributed by atoms with E-state index in [-0.39, 0.29) is 11.5 Å². The largest absolute Gasteiger partial charge is 0.419 e. The Bertz CT molecular complexity index is 1180. The van der Waals surface area contributed by atoms with Gasteiger partial charge in [-0.1, -0.05) is 36.4 Å². The summed E-state index contributed by atoms with van der Waals surface area (Å²) in [6.07, 6.45) is -2.31. The Morgan fingerprint density at radius 2 is 1.75 bits per heavy atom. The van der Waals surface area contributed by atoms with Gasteiger partial charge in [0, 0.05) is 23.5 Å². The number of H-pyrrole nitrogens is 1. The topological polar surface area (TPSA) is 62.0 Å². The lowest BCUT2D eigenvalue weighted by atomic mass is 10.1. The SMILES string of the molecule is Cc1[nH]c(/C=C/C(=O)c2ccc(C(F)(F)F)c(F)c2)c(C)c1C(=O)NCc1ccccc1. The summed E-state index contributed by atoms with van der Waals surface area (Å²) in [5.41, 5.74) is 1.44. The van der Waals surface area contributed by atoms with Crippen molar-refractivity contribution in [3.8, 4) is 0 Å². The number of ketones is 1. The molecule has 0 saturated heterocycles. The van der Waals surface area contributed by atoms with Crippen molar-refractivity contribution in [2.45, 2.75) is 26.6 Å². The second-order valence-corrected chi connectivity index (χ2v) is 7.22. The van der Waals surface area contributed by atoms with Crippen LogP contribution in [-0.4, -0.2) is 16.7 Å². The highest BCUT2D eigenvalue weighted by Crippen LogP contribution is 2.31. The first-order valence-corrected chi connectivity index (χ1v) is 9.68. The molecule has 4 nitrogen and oxygen atoms in total. The van der Waals surface area contributed by atoms with E-state index in [1.54, 1.807) is 13.8 Å². The van der Waals surface area contributed by atoms with E-state index < -0.39 is 23.3 Å². The van der Waals surface area contributed by atoms with Crippen LogP contribution in [0.25, 0.3) is 6.08 Å². The monoisotopic (exact) mass is 444 g/mol. The van der Waals surface area contributed by atoms with Gasteiger partial charge in [0.15, 0.2) is 5.78 Å². The lowest BCUT2D eigenvalue weighted by Gasteiger charge is -2.08. The molecule has 0 aliphatic carbocycles. The molecule has 2 aromatic carbocycles. The van der Waals surface area contributed by atoms with Crippen LogP contribution in [-0.2, 0) is 12.7 Å². The van der Waals surface area contributed by atoms with Crippen LogP contribution < -0.4 is 5.32 Å². The summed E-state index contributed by atoms with van der Waals surface area (Å²) in [7, 11) is 0. The number of carbonyl (C=O) groups is 2. The first kappa shape index (κ1) is 23.0. The molecule has 166 valence electrons. The minimum atomic E-state index is -4.84. The maximum absolute atomic E-state index is 13.7. The van der Waals surface area contributed by atoms with E-state index in [0.717, 1.165) is 17.7 Å². The van der Waals surface area contributed by atoms with Gasteiger partial charge in [-0.25, -0.2) is 4.39 Å². The predicted octanol–water partition coefficient (Wildman–Crippen LogP) is 5.62. The van der Waals surface area contributed by atoms with Crippen LogP contribution in [0.2, 0.25) is 0 Å². The van der Waals surface area contributed by atoms with E-state index in [0.29, 0.717) is 41.2 Å². The van der Waals surface area contributed by atoms with Gasteiger partial charge in [-0.2, -0.15) is 13.2 Å². The standard InChI is InChI=1S/C24H20F4N2O2/c1-14-20(10-11-21(31)17-8-9-18(19(25)12-17)24(26,27)28)30-15(2)22(14)23(32)29-13-16-6-4-3-5-7-16/h3-12,30H,13H2,1-2H3,(H,29,32)/b11-10+. The fourth-order valence-electron chi connectivity index (χ4n) is 3.30. The maximum Gasteiger partial charge on any atom is 0.419 e. The predicted molar refractivity (Wildman–Crippen MR) is 113 cm³/mol. The third-order valence-corrected chi connectivity index (χ3v) is 4.96. The van der Waals surface area contributed by atoms with Gasteiger partial charge in [-0.05, 0) is 49.3 Å². The first-order valence-electron chi connectivity index (χ1n) is 9.68. The van der Waals surface area contributed by atoms with Crippen LogP contribution in [0.1, 0.15) is 48.8 Å². The third-order valence-electron chi connectivity index (χ3n) is 4.96. The molecule has 1 aromatic heterocycles. The number of amides is 1. The minimum absolute atomic E-state index is 0.214. The number of benzene rings is 2. The van der Waals surface area contributed by atoms with E-state index in [1.165, 1.54) is 6.08 Å². The summed E-state index contributed by atoms with van der Waals surface area (Å²) >= 11 is 0. The van der Waals surface area contributed by atoms with E-state index in [9.17, 15) is 27.2 Å². The van der Waals surface area contributed by atoms with Gasteiger partial charge in [0.05, 0.1) is 11.1 Å². The van der Waals surface area contributed by atoms with Crippen LogP contribution in [0, 0.1) is 19.7 Å². The molecular weight excluding hydrogens is 424 g/mol. The Hall–Kier alpha value is -3.68. The van der Waals surface area contributed by atoms with Gasteiger partial charge in [-0.3, -0.25) is 9.59 Å². The van der Waals surface area contributed by atoms with Gasteiger partial charge in [0.2, 0.25) is 0 Å². The van der Waals surface area contributed by atoms with Gasteiger partial charge < -0.3 is 10.3 Å². The highest BCUT2D eigenvalue weighted by Gasteiger charge is 2.34. The molecule has 0 radical (unpaired) electrons. The lowest BCUT2D eigenvalue weighted by molar-refractivity contribution is -0.140. The number of carbonyl (C=O) groups excluding carboxylic acids is 2. The Kier molecular flexibility index (Phi) is 6.62. The Balaban J connectivity index is 1.74. The number of hydrogen-bond donors (Lipinski definition) is 2. The van der Waals surface area contributed by atoms with Crippen molar-refractivity contribution in [3.63, 3.8) is 0 Å². The van der Waals surface area contributed by atoms with Gasteiger partial charge >= 0.3 is 6.18 Å². The molecule has 2 N–H and O–H groups in total. The molecule has 0 spiro atoms. The van der Waals surface area contributed by atoms with E-state index >= 15 is 0 Å². The van der Waals surface area contributed by atoms with E-state index in [4.69, 9.17) is 0 Å². The van der Waals surface area contributed by atoms with E-state index in [2.05, 4.69) is 10.3 Å². The molecule has 1 heterocycles. The molecule has 32 heavy (non-hydrogen) atoms. The molecule has 8 heteroatoms. The number of nitrogens with one attached hydrogen (secondary N) is 2. The number of aryl methyl sites for hydroxylation is 1. The molecule has 3 aromatic rings. The third kappa shape index (κ3) is 5.14.